The lowest BCUT2D eigenvalue weighted by Crippen LogP contribution is -2.78. The van der Waals surface area contributed by atoms with Crippen LogP contribution in [0.5, 0.6) is 5.75 Å². The molecule has 0 spiro atoms. The average molecular weight is 491 g/mol. The number of rotatable bonds is 6. The van der Waals surface area contributed by atoms with Crippen LogP contribution < -0.4 is 10.1 Å². The third-order valence-corrected chi connectivity index (χ3v) is 7.83. The molecule has 3 saturated carbocycles. The van der Waals surface area contributed by atoms with Gasteiger partial charge in [0.15, 0.2) is 6.61 Å². The summed E-state index contributed by atoms with van der Waals surface area (Å²) in [5.74, 6) is 0.0694. The first-order valence-corrected chi connectivity index (χ1v) is 12.0. The summed E-state index contributed by atoms with van der Waals surface area (Å²) >= 11 is 11.6. The molecule has 2 bridgehead atoms. The molecule has 4 aliphatic rings. The van der Waals surface area contributed by atoms with Crippen molar-refractivity contribution >= 4 is 35.0 Å². The van der Waals surface area contributed by atoms with E-state index in [1.165, 1.54) is 17.7 Å². The number of ether oxygens (including phenoxy) is 1. The van der Waals surface area contributed by atoms with E-state index >= 15 is 0 Å². The van der Waals surface area contributed by atoms with E-state index in [2.05, 4.69) is 17.4 Å². The molecular formula is C25H25Cl2FN2O3. The number of amides is 2. The molecule has 2 amide bonds. The Kier molecular flexibility index (Phi) is 5.78. The molecule has 0 radical (unpaired) electrons. The Hall–Kier alpha value is -2.31. The first kappa shape index (κ1) is 22.5. The van der Waals surface area contributed by atoms with Gasteiger partial charge in [0.1, 0.15) is 11.6 Å². The maximum Gasteiger partial charge on any atom is 0.258 e. The van der Waals surface area contributed by atoms with Crippen molar-refractivity contribution in [2.24, 2.45) is 5.41 Å². The largest absolute Gasteiger partial charge is 0.484 e. The highest BCUT2D eigenvalue weighted by molar-refractivity contribution is 6.30. The summed E-state index contributed by atoms with van der Waals surface area (Å²) in [6, 6.07) is 12.0. The van der Waals surface area contributed by atoms with E-state index in [1.807, 2.05) is 17.0 Å². The molecule has 2 aromatic rings. The van der Waals surface area contributed by atoms with Gasteiger partial charge in [-0.25, -0.2) is 4.39 Å². The molecule has 0 aromatic heterocycles. The number of nitrogens with zero attached hydrogens (tertiary/aromatic N) is 1. The van der Waals surface area contributed by atoms with Crippen molar-refractivity contribution in [3.63, 3.8) is 0 Å². The normalized spacial score (nSPS) is 26.2. The number of hydrogen-bond donors (Lipinski definition) is 1. The van der Waals surface area contributed by atoms with Crippen LogP contribution in [0.15, 0.2) is 42.5 Å². The Balaban J connectivity index is 1.07. The van der Waals surface area contributed by atoms with Crippen LogP contribution in [0.1, 0.15) is 43.6 Å². The van der Waals surface area contributed by atoms with E-state index in [4.69, 9.17) is 27.9 Å². The lowest BCUT2D eigenvalue weighted by Gasteiger charge is -2.69. The molecule has 33 heavy (non-hydrogen) atoms. The Bertz CT molecular complexity index is 1060. The van der Waals surface area contributed by atoms with Gasteiger partial charge >= 0.3 is 0 Å². The van der Waals surface area contributed by atoms with Gasteiger partial charge in [-0.2, -0.15) is 0 Å². The summed E-state index contributed by atoms with van der Waals surface area (Å²) in [5.41, 5.74) is 0.658. The van der Waals surface area contributed by atoms with Gasteiger partial charge in [-0.3, -0.25) is 9.59 Å². The zero-order valence-electron chi connectivity index (χ0n) is 18.1. The maximum atomic E-state index is 13.5. The molecule has 5 nitrogen and oxygen atoms in total. The van der Waals surface area contributed by atoms with E-state index in [1.54, 1.807) is 0 Å². The van der Waals surface area contributed by atoms with Crippen LogP contribution in [-0.4, -0.2) is 41.9 Å². The van der Waals surface area contributed by atoms with Crippen LogP contribution in [0.3, 0.4) is 0 Å². The predicted molar refractivity (Wildman–Crippen MR) is 124 cm³/mol. The summed E-state index contributed by atoms with van der Waals surface area (Å²) in [4.78, 5) is 27.5. The summed E-state index contributed by atoms with van der Waals surface area (Å²) in [7, 11) is 0. The van der Waals surface area contributed by atoms with Gasteiger partial charge in [0.05, 0.1) is 10.4 Å². The van der Waals surface area contributed by atoms with E-state index in [0.29, 0.717) is 25.2 Å². The summed E-state index contributed by atoms with van der Waals surface area (Å²) in [5, 5.41) is 3.75. The highest BCUT2D eigenvalue weighted by atomic mass is 35.5. The van der Waals surface area contributed by atoms with Gasteiger partial charge in [-0.05, 0) is 67.9 Å². The average Bonchev–Trinajstić information content (AvgIpc) is 2.76. The van der Waals surface area contributed by atoms with Crippen LogP contribution in [0.25, 0.3) is 0 Å². The van der Waals surface area contributed by atoms with E-state index in [-0.39, 0.29) is 40.1 Å². The smallest absolute Gasteiger partial charge is 0.258 e. The number of carbonyl (C=O) groups excluding carboxylic acids is 2. The molecule has 3 aliphatic carbocycles. The number of piperidine rings is 1. The zero-order chi connectivity index (χ0) is 23.2. The van der Waals surface area contributed by atoms with Crippen LogP contribution in [0.4, 0.5) is 4.39 Å². The molecule has 0 atom stereocenters. The second-order valence-electron chi connectivity index (χ2n) is 9.62. The second-order valence-corrected chi connectivity index (χ2v) is 10.5. The number of benzene rings is 2. The standard InChI is InChI=1S/C25H25Cl2FN2O3/c26-18-3-1-16(2-4-18)17-7-9-30(10-8-17)23(32)24-13-25(14-24,15-24)29-22(31)12-33-19-5-6-20(27)21(28)11-19/h1-6,11,17H,7-10,12-15H2,(H,29,31). The van der Waals surface area contributed by atoms with Gasteiger partial charge in [0, 0.05) is 29.7 Å². The molecule has 1 saturated heterocycles. The number of hydrogen-bond acceptors (Lipinski definition) is 3. The van der Waals surface area contributed by atoms with Crippen LogP contribution >= 0.6 is 23.2 Å². The first-order chi connectivity index (χ1) is 15.8. The fourth-order valence-electron chi connectivity index (χ4n) is 5.68. The Labute approximate surface area is 202 Å². The van der Waals surface area contributed by atoms with Crippen LogP contribution in [0, 0.1) is 11.2 Å². The van der Waals surface area contributed by atoms with E-state index in [9.17, 15) is 14.0 Å². The maximum absolute atomic E-state index is 13.5. The van der Waals surface area contributed by atoms with Crippen molar-refractivity contribution in [1.82, 2.24) is 10.2 Å². The number of nitrogens with one attached hydrogen (secondary N) is 1. The lowest BCUT2D eigenvalue weighted by atomic mass is 9.39. The highest BCUT2D eigenvalue weighted by Crippen LogP contribution is 2.68. The minimum Gasteiger partial charge on any atom is -0.484 e. The molecule has 1 aliphatic heterocycles. The summed E-state index contributed by atoms with van der Waals surface area (Å²) in [6.45, 7) is 1.32. The molecule has 6 rings (SSSR count). The number of carbonyl (C=O) groups is 2. The molecule has 2 aromatic carbocycles. The minimum absolute atomic E-state index is 0.00448. The van der Waals surface area contributed by atoms with Gasteiger partial charge in [-0.15, -0.1) is 0 Å². The van der Waals surface area contributed by atoms with Crippen molar-refractivity contribution in [1.29, 1.82) is 0 Å². The number of halogens is 3. The topological polar surface area (TPSA) is 58.6 Å². The lowest BCUT2D eigenvalue weighted by molar-refractivity contribution is -0.194. The first-order valence-electron chi connectivity index (χ1n) is 11.2. The Morgan fingerprint density at radius 3 is 2.36 bits per heavy atom. The molecule has 4 fully saturated rings. The van der Waals surface area contributed by atoms with Crippen LogP contribution in [-0.2, 0) is 9.59 Å². The molecule has 8 heteroatoms. The SMILES string of the molecule is O=C(COc1ccc(Cl)c(F)c1)NC12CC(C(=O)N3CCC(c4ccc(Cl)cc4)CC3)(C1)C2. The van der Waals surface area contributed by atoms with E-state index < -0.39 is 5.82 Å². The van der Waals surface area contributed by atoms with Crippen LogP contribution in [0.2, 0.25) is 10.0 Å². The molecule has 1 heterocycles. The third-order valence-electron chi connectivity index (χ3n) is 7.27. The zero-order valence-corrected chi connectivity index (χ0v) is 19.6. The fourth-order valence-corrected chi connectivity index (χ4v) is 5.92. The van der Waals surface area contributed by atoms with Crippen molar-refractivity contribution in [2.75, 3.05) is 19.7 Å². The third kappa shape index (κ3) is 4.31. The fraction of sp³-hybridized carbons (Fsp3) is 0.440. The van der Waals surface area contributed by atoms with Crippen molar-refractivity contribution in [2.45, 2.75) is 43.6 Å². The van der Waals surface area contributed by atoms with Gasteiger partial charge in [0.25, 0.3) is 5.91 Å². The minimum atomic E-state index is -0.591. The van der Waals surface area contributed by atoms with Gasteiger partial charge in [0.2, 0.25) is 5.91 Å². The second kappa shape index (κ2) is 8.48. The van der Waals surface area contributed by atoms with Gasteiger partial charge < -0.3 is 15.0 Å². The highest BCUT2D eigenvalue weighted by Gasteiger charge is 2.72. The monoisotopic (exact) mass is 490 g/mol. The van der Waals surface area contributed by atoms with Crippen molar-refractivity contribution in [3.8, 4) is 5.75 Å². The molecular weight excluding hydrogens is 466 g/mol. The molecule has 0 unspecified atom stereocenters. The van der Waals surface area contributed by atoms with Crippen molar-refractivity contribution < 1.29 is 18.7 Å². The van der Waals surface area contributed by atoms with Gasteiger partial charge in [-0.1, -0.05) is 35.3 Å². The Morgan fingerprint density at radius 1 is 1.06 bits per heavy atom. The predicted octanol–water partition coefficient (Wildman–Crippen LogP) is 4.96. The molecule has 1 N–H and O–H groups in total. The van der Waals surface area contributed by atoms with Crippen molar-refractivity contribution in [3.05, 3.63) is 63.9 Å². The summed E-state index contributed by atoms with van der Waals surface area (Å²) < 4.78 is 18.8. The number of likely N-dealkylation sites (tertiary alicyclic amines) is 1. The van der Waals surface area contributed by atoms with E-state index in [0.717, 1.165) is 37.0 Å². The quantitative estimate of drug-likeness (QED) is 0.622. The molecule has 174 valence electrons. The summed E-state index contributed by atoms with van der Waals surface area (Å²) in [6.07, 6.45) is 3.94. The Morgan fingerprint density at radius 2 is 1.73 bits per heavy atom.